The van der Waals surface area contributed by atoms with Crippen molar-refractivity contribution in [1.29, 1.82) is 0 Å². The van der Waals surface area contributed by atoms with Gasteiger partial charge in [0.15, 0.2) is 17.5 Å². The minimum Gasteiger partial charge on any atom is -0.309 e. The van der Waals surface area contributed by atoms with Crippen LogP contribution in [0.15, 0.2) is 206 Å². The van der Waals surface area contributed by atoms with Gasteiger partial charge in [-0.05, 0) is 57.6 Å². The molecule has 2 heterocycles. The molecule has 4 nitrogen and oxygen atoms in total. The van der Waals surface area contributed by atoms with E-state index in [1.807, 2.05) is 84.9 Å². The molecule has 8 aromatic carbocycles. The molecular formula is C51H34N4. The summed E-state index contributed by atoms with van der Waals surface area (Å²) >= 11 is 0. The van der Waals surface area contributed by atoms with Crippen LogP contribution in [0.2, 0.25) is 0 Å². The van der Waals surface area contributed by atoms with Gasteiger partial charge in [0, 0.05) is 33.2 Å². The van der Waals surface area contributed by atoms with E-state index < -0.39 is 119 Å². The van der Waals surface area contributed by atoms with Crippen LogP contribution in [0.1, 0.15) is 21.9 Å². The molecule has 0 N–H and O–H groups in total. The Hall–Kier alpha value is -7.43. The summed E-state index contributed by atoms with van der Waals surface area (Å²) in [5.41, 5.74) is 1.65. The molecule has 0 saturated heterocycles. The van der Waals surface area contributed by atoms with Crippen molar-refractivity contribution in [3.8, 4) is 73.2 Å². The molecule has 4 heteroatoms. The molecule has 55 heavy (non-hydrogen) atoms. The predicted octanol–water partition coefficient (Wildman–Crippen LogP) is 13.0. The highest BCUT2D eigenvalue weighted by atomic mass is 15.0. The van der Waals surface area contributed by atoms with Gasteiger partial charge < -0.3 is 4.57 Å². The lowest BCUT2D eigenvalue weighted by Crippen LogP contribution is -2.00. The molecule has 0 aliphatic heterocycles. The zero-order valence-electron chi connectivity index (χ0n) is 44.7. The van der Waals surface area contributed by atoms with E-state index in [1.165, 1.54) is 0 Å². The summed E-state index contributed by atoms with van der Waals surface area (Å²) in [6.45, 7) is 0. The van der Waals surface area contributed by atoms with Crippen molar-refractivity contribution in [2.75, 3.05) is 0 Å². The van der Waals surface area contributed by atoms with Crippen LogP contribution in [0.5, 0.6) is 0 Å². The van der Waals surface area contributed by atoms with Crippen molar-refractivity contribution in [3.63, 3.8) is 0 Å². The van der Waals surface area contributed by atoms with E-state index in [0.717, 1.165) is 26.8 Å². The third-order valence-corrected chi connectivity index (χ3v) is 9.09. The van der Waals surface area contributed by atoms with Crippen LogP contribution >= 0.6 is 0 Å². The minimum absolute atomic E-state index is 0.126. The molecule has 0 fully saturated rings. The summed E-state index contributed by atoms with van der Waals surface area (Å²) < 4.78 is 143. The molecule has 2 aromatic heterocycles. The van der Waals surface area contributed by atoms with Gasteiger partial charge in [-0.25, -0.2) is 15.0 Å². The molecular weight excluding hydrogens is 669 g/mol. The monoisotopic (exact) mass is 718 g/mol. The van der Waals surface area contributed by atoms with Gasteiger partial charge in [0.2, 0.25) is 0 Å². The first kappa shape index (κ1) is 19.6. The van der Waals surface area contributed by atoms with Crippen LogP contribution in [0.4, 0.5) is 0 Å². The van der Waals surface area contributed by atoms with Gasteiger partial charge in [-0.15, -0.1) is 0 Å². The highest BCUT2D eigenvalue weighted by Gasteiger charge is 2.15. The summed E-state index contributed by atoms with van der Waals surface area (Å²) in [6.07, 6.45) is 0. The highest BCUT2D eigenvalue weighted by molar-refractivity contribution is 6.10. The number of rotatable bonds is 7. The molecule has 258 valence electrons. The maximum Gasteiger partial charge on any atom is 0.164 e. The summed E-state index contributed by atoms with van der Waals surface area (Å²) in [7, 11) is 0. The number of nitrogens with zero attached hydrogens (tertiary/aromatic N) is 4. The average molecular weight is 719 g/mol. The van der Waals surface area contributed by atoms with Crippen LogP contribution in [0, 0.1) is 0 Å². The molecule has 0 radical (unpaired) electrons. The topological polar surface area (TPSA) is 43.6 Å². The van der Waals surface area contributed by atoms with Crippen molar-refractivity contribution in [2.45, 2.75) is 0 Å². The van der Waals surface area contributed by atoms with E-state index in [9.17, 15) is 6.85 Å². The zero-order chi connectivity index (χ0) is 50.5. The maximum atomic E-state index is 9.77. The fourth-order valence-electron chi connectivity index (χ4n) is 6.38. The second-order valence-electron chi connectivity index (χ2n) is 12.4. The van der Waals surface area contributed by atoms with E-state index in [1.54, 1.807) is 24.3 Å². The van der Waals surface area contributed by atoms with Crippen molar-refractivity contribution >= 4 is 21.8 Å². The number of aromatic nitrogens is 4. The average Bonchev–Trinajstić information content (AvgIpc) is 3.75. The summed E-state index contributed by atoms with van der Waals surface area (Å²) in [6, 6.07) is 22.2. The molecule has 0 aliphatic carbocycles. The lowest BCUT2D eigenvalue weighted by atomic mass is 10.0. The van der Waals surface area contributed by atoms with Crippen LogP contribution in [0.3, 0.4) is 0 Å². The largest absolute Gasteiger partial charge is 0.309 e. The van der Waals surface area contributed by atoms with Crippen molar-refractivity contribution in [3.05, 3.63) is 206 Å². The summed E-state index contributed by atoms with van der Waals surface area (Å²) in [5.74, 6) is 1.12. The molecule has 10 aromatic rings. The first-order valence-corrected chi connectivity index (χ1v) is 17.2. The Kier molecular flexibility index (Phi) is 4.93. The molecule has 0 spiro atoms. The number of fused-ring (bicyclic) bond motifs is 3. The first-order chi connectivity index (χ1) is 33.9. The van der Waals surface area contributed by atoms with E-state index in [-0.39, 0.29) is 27.4 Å². The molecule has 0 bridgehead atoms. The standard InChI is InChI=1S/C51H34N4/c1-4-12-35(13-5-1)37-20-24-41(25-21-37)50-52-49(40-16-8-3-9-17-40)53-51(54-50)42-26-22-39(23-27-42)43-30-33-46-45-18-10-11-19-47(45)55(48(46)34-43)44-31-28-38(29-32-44)36-14-6-2-7-15-36/h1-34H/i2D,6D,7D,10D,11D,14D,15D,18D,19D,28D,29D,30D,31D,32D,33D,34D. The van der Waals surface area contributed by atoms with Crippen molar-refractivity contribution in [2.24, 2.45) is 0 Å². The third-order valence-electron chi connectivity index (χ3n) is 9.09. The Labute approximate surface area is 342 Å². The van der Waals surface area contributed by atoms with E-state index >= 15 is 0 Å². The van der Waals surface area contributed by atoms with Crippen molar-refractivity contribution < 1.29 is 21.9 Å². The normalized spacial score (nSPS) is 15.3. The van der Waals surface area contributed by atoms with Crippen LogP contribution in [0.25, 0.3) is 95.0 Å². The van der Waals surface area contributed by atoms with Gasteiger partial charge in [0.25, 0.3) is 0 Å². The number of hydrogen-bond donors (Lipinski definition) is 0. The summed E-state index contributed by atoms with van der Waals surface area (Å²) in [4.78, 5) is 14.5. The smallest absolute Gasteiger partial charge is 0.164 e. The molecule has 10 rings (SSSR count). The van der Waals surface area contributed by atoms with Crippen molar-refractivity contribution in [1.82, 2.24) is 19.5 Å². The van der Waals surface area contributed by atoms with Gasteiger partial charge in [-0.1, -0.05) is 182 Å². The van der Waals surface area contributed by atoms with Crippen LogP contribution in [-0.2, 0) is 0 Å². The van der Waals surface area contributed by atoms with Gasteiger partial charge in [-0.3, -0.25) is 0 Å². The Bertz CT molecular complexity index is 3810. The van der Waals surface area contributed by atoms with E-state index in [4.69, 9.17) is 30.0 Å². The highest BCUT2D eigenvalue weighted by Crippen LogP contribution is 2.36. The summed E-state index contributed by atoms with van der Waals surface area (Å²) in [5, 5.41) is -0.585. The SMILES string of the molecule is [2H]c1c([2H])c([2H])c(-c2c([2H])c([2H])c(-n3c4c([2H])c([2H])c([2H])c([2H])c4c4c([2H])c([2H])c(-c5ccc(-c6nc(-c7ccccc7)nc(-c7ccc(-c8ccccc8)cc7)n6)cc5)c([2H])c43)c([2H])c2[2H])c([2H])c1[2H]. The van der Waals surface area contributed by atoms with Gasteiger partial charge in [-0.2, -0.15) is 0 Å². The number of benzene rings is 8. The fourth-order valence-corrected chi connectivity index (χ4v) is 6.38. The third kappa shape index (κ3) is 6.16. The quantitative estimate of drug-likeness (QED) is 0.165. The Balaban J connectivity index is 1.18. The Morgan fingerprint density at radius 3 is 1.38 bits per heavy atom. The molecule has 0 atom stereocenters. The van der Waals surface area contributed by atoms with Crippen LogP contribution < -0.4 is 0 Å². The fraction of sp³-hybridized carbons (Fsp3) is 0. The second-order valence-corrected chi connectivity index (χ2v) is 12.4. The molecule has 0 amide bonds. The number of hydrogen-bond acceptors (Lipinski definition) is 3. The van der Waals surface area contributed by atoms with Gasteiger partial charge in [0.05, 0.1) is 33.0 Å². The number of para-hydroxylation sites is 1. The van der Waals surface area contributed by atoms with Gasteiger partial charge in [0.1, 0.15) is 0 Å². The Morgan fingerprint density at radius 2 is 0.764 bits per heavy atom. The maximum absolute atomic E-state index is 9.77. The molecule has 0 saturated carbocycles. The van der Waals surface area contributed by atoms with Gasteiger partial charge >= 0.3 is 0 Å². The lowest BCUT2D eigenvalue weighted by Gasteiger charge is -2.11. The zero-order valence-corrected chi connectivity index (χ0v) is 28.7. The van der Waals surface area contributed by atoms with E-state index in [2.05, 4.69) is 0 Å². The second kappa shape index (κ2) is 13.8. The molecule has 0 unspecified atom stereocenters. The predicted molar refractivity (Wildman–Crippen MR) is 227 cm³/mol. The van der Waals surface area contributed by atoms with Crippen LogP contribution in [-0.4, -0.2) is 19.5 Å². The first-order valence-electron chi connectivity index (χ1n) is 25.2. The lowest BCUT2D eigenvalue weighted by molar-refractivity contribution is 1.07. The minimum atomic E-state index is -0.845. The van der Waals surface area contributed by atoms with E-state index in [0.29, 0.717) is 23.0 Å². The Morgan fingerprint density at radius 1 is 0.327 bits per heavy atom. The molecule has 0 aliphatic rings.